The number of hydrogen-bond donors (Lipinski definition) is 1. The average Bonchev–Trinajstić information content (AvgIpc) is 2.71. The molecule has 0 atom stereocenters. The van der Waals surface area contributed by atoms with E-state index in [4.69, 9.17) is 4.74 Å². The largest absolute Gasteiger partial charge is 0.456 e. The van der Waals surface area contributed by atoms with E-state index in [9.17, 15) is 18.0 Å². The van der Waals surface area contributed by atoms with Crippen molar-refractivity contribution in [3.8, 4) is 0 Å². The molecule has 0 saturated carbocycles. The van der Waals surface area contributed by atoms with E-state index in [0.717, 1.165) is 0 Å². The highest BCUT2D eigenvalue weighted by Gasteiger charge is 2.21. The van der Waals surface area contributed by atoms with Crippen LogP contribution in [0.1, 0.15) is 26.7 Å². The zero-order valence-electron chi connectivity index (χ0n) is 16.8. The van der Waals surface area contributed by atoms with Crippen molar-refractivity contribution >= 4 is 33.3 Å². The Morgan fingerprint density at radius 2 is 1.76 bits per heavy atom. The van der Waals surface area contributed by atoms with Crippen LogP contribution in [0.5, 0.6) is 0 Å². The van der Waals surface area contributed by atoms with E-state index in [-0.39, 0.29) is 11.3 Å². The van der Waals surface area contributed by atoms with Crippen LogP contribution >= 0.6 is 0 Å². The summed E-state index contributed by atoms with van der Waals surface area (Å²) in [6, 6.07) is 14.6. The summed E-state index contributed by atoms with van der Waals surface area (Å²) >= 11 is 0. The van der Waals surface area contributed by atoms with Crippen molar-refractivity contribution in [2.24, 2.45) is 5.92 Å². The fourth-order valence-corrected chi connectivity index (χ4v) is 3.73. The number of benzene rings is 2. The third-order valence-corrected chi connectivity index (χ3v) is 5.97. The molecule has 2 aromatic carbocycles. The highest BCUT2D eigenvalue weighted by Crippen LogP contribution is 2.23. The summed E-state index contributed by atoms with van der Waals surface area (Å²) in [6.45, 7) is 3.57. The van der Waals surface area contributed by atoms with Crippen LogP contribution in [0.15, 0.2) is 59.5 Å². The van der Waals surface area contributed by atoms with Gasteiger partial charge in [-0.2, -0.15) is 0 Å². The number of sulfonamides is 1. The maximum atomic E-state index is 12.9. The predicted molar refractivity (Wildman–Crippen MR) is 112 cm³/mol. The first-order chi connectivity index (χ1) is 13.7. The van der Waals surface area contributed by atoms with Gasteiger partial charge in [0.1, 0.15) is 0 Å². The van der Waals surface area contributed by atoms with Gasteiger partial charge in [0, 0.05) is 19.2 Å². The number of carbonyl (C=O) groups excluding carboxylic acids is 2. The number of amides is 1. The first-order valence-electron chi connectivity index (χ1n) is 9.29. The highest BCUT2D eigenvalue weighted by atomic mass is 32.2. The molecule has 0 spiro atoms. The molecule has 2 aromatic rings. The molecule has 1 amide bonds. The number of nitrogens with one attached hydrogen (secondary N) is 1. The molecule has 0 fully saturated rings. The number of nitrogens with zero attached hydrogens (tertiary/aromatic N) is 1. The van der Waals surface area contributed by atoms with Gasteiger partial charge in [0.25, 0.3) is 15.9 Å². The number of carbonyl (C=O) groups is 2. The summed E-state index contributed by atoms with van der Waals surface area (Å²) in [5, 5.41) is 2.55. The topological polar surface area (TPSA) is 92.8 Å². The minimum atomic E-state index is -3.79. The van der Waals surface area contributed by atoms with E-state index < -0.39 is 28.5 Å². The molecule has 0 unspecified atom stereocenters. The maximum absolute atomic E-state index is 12.9. The van der Waals surface area contributed by atoms with Crippen LogP contribution in [0.3, 0.4) is 0 Å². The standard InChI is InChI=1S/C21H26N2O5S/c1-16(2)12-13-21(25)28-15-20(24)22-17-8-7-11-19(14-17)29(26,27)23(3)18-9-5-4-6-10-18/h4-11,14,16H,12-13,15H2,1-3H3,(H,22,24). The zero-order chi connectivity index (χ0) is 21.4. The van der Waals surface area contributed by atoms with Gasteiger partial charge in [0.15, 0.2) is 6.61 Å². The third kappa shape index (κ3) is 6.60. The van der Waals surface area contributed by atoms with E-state index in [1.165, 1.54) is 29.6 Å². The molecule has 0 aromatic heterocycles. The second-order valence-electron chi connectivity index (χ2n) is 6.98. The first-order valence-corrected chi connectivity index (χ1v) is 10.7. The molecule has 2 rings (SSSR count). The molecule has 8 heteroatoms. The van der Waals surface area contributed by atoms with Crippen LogP contribution in [-0.2, 0) is 24.3 Å². The van der Waals surface area contributed by atoms with Crippen molar-refractivity contribution in [3.63, 3.8) is 0 Å². The van der Waals surface area contributed by atoms with Gasteiger partial charge >= 0.3 is 5.97 Å². The lowest BCUT2D eigenvalue weighted by Crippen LogP contribution is -2.26. The van der Waals surface area contributed by atoms with E-state index in [2.05, 4.69) is 5.32 Å². The van der Waals surface area contributed by atoms with Crippen LogP contribution in [0.4, 0.5) is 11.4 Å². The van der Waals surface area contributed by atoms with Gasteiger partial charge in [-0.1, -0.05) is 38.1 Å². The SMILES string of the molecule is CC(C)CCC(=O)OCC(=O)Nc1cccc(S(=O)(=O)N(C)c2ccccc2)c1. The lowest BCUT2D eigenvalue weighted by molar-refractivity contribution is -0.147. The highest BCUT2D eigenvalue weighted by molar-refractivity contribution is 7.92. The summed E-state index contributed by atoms with van der Waals surface area (Å²) in [5.74, 6) is -0.599. The molecule has 156 valence electrons. The van der Waals surface area contributed by atoms with Crippen LogP contribution in [-0.4, -0.2) is 33.9 Å². The smallest absolute Gasteiger partial charge is 0.306 e. The quantitative estimate of drug-likeness (QED) is 0.630. The van der Waals surface area contributed by atoms with Crippen molar-refractivity contribution in [2.45, 2.75) is 31.6 Å². The first kappa shape index (κ1) is 22.4. The fourth-order valence-electron chi connectivity index (χ4n) is 2.49. The van der Waals surface area contributed by atoms with Crippen molar-refractivity contribution < 1.29 is 22.7 Å². The van der Waals surface area contributed by atoms with E-state index >= 15 is 0 Å². The number of anilines is 2. The minimum Gasteiger partial charge on any atom is -0.456 e. The molecule has 0 aliphatic carbocycles. The van der Waals surface area contributed by atoms with Crippen LogP contribution in [0, 0.1) is 5.92 Å². The summed E-state index contributed by atoms with van der Waals surface area (Å²) in [7, 11) is -2.33. The Labute approximate surface area is 171 Å². The van der Waals surface area contributed by atoms with Gasteiger partial charge in [-0.3, -0.25) is 13.9 Å². The average molecular weight is 419 g/mol. The van der Waals surface area contributed by atoms with Crippen molar-refractivity contribution in [1.29, 1.82) is 0 Å². The lowest BCUT2D eigenvalue weighted by Gasteiger charge is -2.19. The summed E-state index contributed by atoms with van der Waals surface area (Å²) in [4.78, 5) is 23.7. The van der Waals surface area contributed by atoms with Gasteiger partial charge < -0.3 is 10.1 Å². The Kier molecular flexibility index (Phi) is 7.78. The Morgan fingerprint density at radius 1 is 1.07 bits per heavy atom. The van der Waals surface area contributed by atoms with Gasteiger partial charge in [-0.05, 0) is 42.7 Å². The molecule has 0 saturated heterocycles. The monoisotopic (exact) mass is 418 g/mol. The van der Waals surface area contributed by atoms with E-state index in [1.54, 1.807) is 36.4 Å². The second-order valence-corrected chi connectivity index (χ2v) is 8.95. The minimum absolute atomic E-state index is 0.0376. The molecule has 0 heterocycles. The maximum Gasteiger partial charge on any atom is 0.306 e. The van der Waals surface area contributed by atoms with Crippen molar-refractivity contribution in [3.05, 3.63) is 54.6 Å². The molecule has 1 N–H and O–H groups in total. The number of para-hydroxylation sites is 1. The number of rotatable bonds is 9. The number of hydrogen-bond acceptors (Lipinski definition) is 5. The Morgan fingerprint density at radius 3 is 2.41 bits per heavy atom. The molecule has 7 nitrogen and oxygen atoms in total. The number of esters is 1. The van der Waals surface area contributed by atoms with Gasteiger partial charge in [0.05, 0.1) is 10.6 Å². The third-order valence-electron chi connectivity index (χ3n) is 4.19. The molecule has 0 aliphatic heterocycles. The summed E-state index contributed by atoms with van der Waals surface area (Å²) in [6.07, 6.45) is 0.944. The van der Waals surface area contributed by atoms with Crippen LogP contribution < -0.4 is 9.62 Å². The molecular weight excluding hydrogens is 392 g/mol. The summed E-state index contributed by atoms with van der Waals surface area (Å²) in [5.41, 5.74) is 0.825. The Hall–Kier alpha value is -2.87. The van der Waals surface area contributed by atoms with E-state index in [0.29, 0.717) is 23.7 Å². The molecule has 29 heavy (non-hydrogen) atoms. The molecule has 0 bridgehead atoms. The van der Waals surface area contributed by atoms with Crippen LogP contribution in [0.2, 0.25) is 0 Å². The molecule has 0 radical (unpaired) electrons. The van der Waals surface area contributed by atoms with Crippen molar-refractivity contribution in [1.82, 2.24) is 0 Å². The second kappa shape index (κ2) is 10.1. The van der Waals surface area contributed by atoms with Crippen molar-refractivity contribution in [2.75, 3.05) is 23.3 Å². The lowest BCUT2D eigenvalue weighted by atomic mass is 10.1. The van der Waals surface area contributed by atoms with Gasteiger partial charge in [0.2, 0.25) is 0 Å². The fraction of sp³-hybridized carbons (Fsp3) is 0.333. The zero-order valence-corrected chi connectivity index (χ0v) is 17.6. The van der Waals surface area contributed by atoms with E-state index in [1.807, 2.05) is 13.8 Å². The predicted octanol–water partition coefficient (Wildman–Crippen LogP) is 3.43. The Bertz CT molecular complexity index is 943. The molecular formula is C21H26N2O5S. The summed E-state index contributed by atoms with van der Waals surface area (Å²) < 4.78 is 31.8. The van der Waals surface area contributed by atoms with Gasteiger partial charge in [-0.15, -0.1) is 0 Å². The number of ether oxygens (including phenoxy) is 1. The van der Waals surface area contributed by atoms with Crippen LogP contribution in [0.25, 0.3) is 0 Å². The molecule has 0 aliphatic rings. The van der Waals surface area contributed by atoms with Gasteiger partial charge in [-0.25, -0.2) is 8.42 Å². The Balaban J connectivity index is 2.02. The normalized spacial score (nSPS) is 11.2.